The van der Waals surface area contributed by atoms with Gasteiger partial charge in [-0.25, -0.2) is 18.6 Å². The predicted molar refractivity (Wildman–Crippen MR) is 205 cm³/mol. The largest absolute Gasteiger partial charge is 0.472 e. The summed E-state index contributed by atoms with van der Waals surface area (Å²) in [7, 11) is 1.52. The van der Waals surface area contributed by atoms with E-state index >= 15 is 4.39 Å². The average molecular weight is 769 g/mol. The first-order chi connectivity index (χ1) is 26.9. The van der Waals surface area contributed by atoms with Gasteiger partial charge in [0, 0.05) is 43.1 Å². The number of fused-ring (bicyclic) bond motifs is 7. The Morgan fingerprint density at radius 3 is 2.75 bits per heavy atom. The Labute approximate surface area is 324 Å². The molecule has 5 aliphatic heterocycles. The first-order valence-electron chi connectivity index (χ1n) is 19.4. The maximum atomic E-state index is 17.6. The van der Waals surface area contributed by atoms with E-state index in [2.05, 4.69) is 15.7 Å². The number of alkyl halides is 1. The monoisotopic (exact) mass is 768 g/mol. The van der Waals surface area contributed by atoms with E-state index in [1.165, 1.54) is 7.11 Å². The summed E-state index contributed by atoms with van der Waals surface area (Å²) in [5.74, 6) is 3.01. The normalized spacial score (nSPS) is 26.8. The van der Waals surface area contributed by atoms with E-state index < -0.39 is 35.3 Å². The summed E-state index contributed by atoms with van der Waals surface area (Å²) in [4.78, 5) is 34.5. The van der Waals surface area contributed by atoms with Crippen LogP contribution in [0.4, 0.5) is 19.4 Å². The molecule has 0 aliphatic carbocycles. The molecule has 2 aromatic carbocycles. The van der Waals surface area contributed by atoms with Crippen LogP contribution in [0.15, 0.2) is 30.3 Å². The lowest BCUT2D eigenvalue weighted by atomic mass is 9.95. The van der Waals surface area contributed by atoms with E-state index in [1.807, 2.05) is 50.8 Å². The number of benzene rings is 2. The Morgan fingerprint density at radius 2 is 1.96 bits per heavy atom. The van der Waals surface area contributed by atoms with E-state index in [9.17, 15) is 9.18 Å². The molecule has 6 atom stereocenters. The molecule has 0 spiro atoms. The summed E-state index contributed by atoms with van der Waals surface area (Å²) in [5.41, 5.74) is -0.310. The average Bonchev–Trinajstić information content (AvgIpc) is 3.77. The van der Waals surface area contributed by atoms with Gasteiger partial charge >= 0.3 is 12.1 Å². The highest BCUT2D eigenvalue weighted by atomic mass is 19.1. The molecule has 1 amide bonds. The number of halogens is 2. The van der Waals surface area contributed by atoms with Crippen molar-refractivity contribution in [1.82, 2.24) is 24.8 Å². The highest BCUT2D eigenvalue weighted by molar-refractivity contribution is 6.04. The van der Waals surface area contributed by atoms with Crippen LogP contribution in [-0.4, -0.2) is 113 Å². The van der Waals surface area contributed by atoms with Gasteiger partial charge in [-0.2, -0.15) is 9.97 Å². The zero-order valence-corrected chi connectivity index (χ0v) is 32.3. The molecule has 4 fully saturated rings. The van der Waals surface area contributed by atoms with Gasteiger partial charge in [0.1, 0.15) is 52.6 Å². The molecule has 0 unspecified atom stereocenters. The molecule has 56 heavy (non-hydrogen) atoms. The standard InChI is InChI=1S/C42H46F2N6O6/c1-7-24-10-8-11-25-16-28(54-22-52-6)17-29(31(24)25)34-33(44)35-32-37(47-39(46-35)53-21-42-14-9-15-48(42)19-26(43)18-42)49-20-27-12-13-30(36(49)23(2)55-38(32)45-34)50(27)40(51)56-41(3,4)5/h1,8,10-11,16-17,23,26-27,30,36H,9,12-15,18-22H2,2-6H3/t23-,26+,27+,30-,36+,42-/m0/s1. The van der Waals surface area contributed by atoms with E-state index in [1.54, 1.807) is 12.1 Å². The quantitative estimate of drug-likeness (QED) is 0.149. The van der Waals surface area contributed by atoms with Crippen LogP contribution in [0.2, 0.25) is 0 Å². The number of rotatable bonds is 7. The number of piperazine rings is 1. The Kier molecular flexibility index (Phi) is 8.89. The van der Waals surface area contributed by atoms with Gasteiger partial charge in [-0.15, -0.1) is 6.42 Å². The highest BCUT2D eigenvalue weighted by Gasteiger charge is 2.54. The third-order valence-corrected chi connectivity index (χ3v) is 12.0. The molecule has 4 saturated heterocycles. The Balaban J connectivity index is 1.22. The van der Waals surface area contributed by atoms with E-state index in [4.69, 9.17) is 45.1 Å². The number of pyridine rings is 1. The number of hydrogen-bond acceptors (Lipinski definition) is 11. The number of hydrogen-bond donors (Lipinski definition) is 0. The van der Waals surface area contributed by atoms with E-state index in [0.717, 1.165) is 37.6 Å². The molecule has 9 rings (SSSR count). The van der Waals surface area contributed by atoms with Crippen molar-refractivity contribution in [2.45, 2.75) is 101 Å². The third kappa shape index (κ3) is 6.02. The fourth-order valence-electron chi connectivity index (χ4n) is 9.83. The summed E-state index contributed by atoms with van der Waals surface area (Å²) in [6.07, 6.45) is 7.71. The fourth-order valence-corrected chi connectivity index (χ4v) is 9.83. The third-order valence-electron chi connectivity index (χ3n) is 12.0. The lowest BCUT2D eigenvalue weighted by Crippen LogP contribution is -2.65. The molecular weight excluding hydrogens is 722 g/mol. The predicted octanol–water partition coefficient (Wildman–Crippen LogP) is 6.64. The summed E-state index contributed by atoms with van der Waals surface area (Å²) in [5, 5.41) is 1.63. The zero-order chi connectivity index (χ0) is 39.1. The first-order valence-corrected chi connectivity index (χ1v) is 19.4. The van der Waals surface area contributed by atoms with Crippen LogP contribution in [0.1, 0.15) is 65.4 Å². The van der Waals surface area contributed by atoms with Crippen molar-refractivity contribution >= 4 is 33.6 Å². The number of ether oxygens (including phenoxy) is 5. The molecule has 4 aromatic rings. The minimum Gasteiger partial charge on any atom is -0.472 e. The number of amides is 1. The van der Waals surface area contributed by atoms with Crippen molar-refractivity contribution in [2.75, 3.05) is 45.0 Å². The van der Waals surface area contributed by atoms with Crippen LogP contribution in [0.25, 0.3) is 32.9 Å². The van der Waals surface area contributed by atoms with Crippen molar-refractivity contribution < 1.29 is 37.3 Å². The second kappa shape index (κ2) is 13.6. The lowest BCUT2D eigenvalue weighted by Gasteiger charge is -2.48. The van der Waals surface area contributed by atoms with Gasteiger partial charge in [-0.1, -0.05) is 18.1 Å². The fraction of sp³-hybridized carbons (Fsp3) is 0.524. The zero-order valence-electron chi connectivity index (χ0n) is 32.3. The molecule has 0 N–H and O–H groups in total. The number of carbonyl (C=O) groups is 1. The number of terminal acetylenes is 1. The molecule has 2 aromatic heterocycles. The van der Waals surface area contributed by atoms with Crippen LogP contribution >= 0.6 is 0 Å². The van der Waals surface area contributed by atoms with Crippen LogP contribution in [0.5, 0.6) is 17.6 Å². The smallest absolute Gasteiger partial charge is 0.410 e. The van der Waals surface area contributed by atoms with Crippen LogP contribution in [0.3, 0.4) is 0 Å². The molecule has 7 heterocycles. The van der Waals surface area contributed by atoms with Gasteiger partial charge in [0.2, 0.25) is 5.88 Å². The minimum absolute atomic E-state index is 0.0281. The molecule has 14 heteroatoms. The second-order valence-corrected chi connectivity index (χ2v) is 16.7. The molecule has 0 saturated carbocycles. The van der Waals surface area contributed by atoms with Crippen LogP contribution in [0, 0.1) is 18.2 Å². The van der Waals surface area contributed by atoms with Crippen molar-refractivity contribution in [2.24, 2.45) is 0 Å². The number of carbonyl (C=O) groups excluding carboxylic acids is 1. The van der Waals surface area contributed by atoms with Crippen LogP contribution in [-0.2, 0) is 9.47 Å². The minimum atomic E-state index is -0.947. The SMILES string of the molecule is C#Cc1cccc2cc(OCOC)cc(-c3nc4c5c(nc(OC[C@@]67CCCN6C[C@H](F)C7)nc5c3F)N3C[C@H]5CC[C@@H]([C@H]3[C@H](C)O4)N5C(=O)OC(C)(C)C)c12. The van der Waals surface area contributed by atoms with Gasteiger partial charge in [-0.05, 0) is 83.5 Å². The van der Waals surface area contributed by atoms with Gasteiger partial charge in [-0.3, -0.25) is 9.80 Å². The van der Waals surface area contributed by atoms with Gasteiger partial charge in [0.05, 0.1) is 23.7 Å². The molecule has 0 radical (unpaired) electrons. The van der Waals surface area contributed by atoms with Gasteiger partial charge in [0.15, 0.2) is 12.6 Å². The number of methoxy groups -OCH3 is 1. The Morgan fingerprint density at radius 1 is 1.12 bits per heavy atom. The Bertz CT molecular complexity index is 2280. The molecule has 12 nitrogen and oxygen atoms in total. The van der Waals surface area contributed by atoms with E-state index in [0.29, 0.717) is 53.0 Å². The summed E-state index contributed by atoms with van der Waals surface area (Å²) < 4.78 is 62.5. The van der Waals surface area contributed by atoms with Crippen molar-refractivity contribution in [3.05, 3.63) is 41.7 Å². The maximum absolute atomic E-state index is 17.6. The highest BCUT2D eigenvalue weighted by Crippen LogP contribution is 2.48. The van der Waals surface area contributed by atoms with E-state index in [-0.39, 0.29) is 54.7 Å². The molecule has 2 bridgehead atoms. The van der Waals surface area contributed by atoms with Gasteiger partial charge in [0.25, 0.3) is 0 Å². The van der Waals surface area contributed by atoms with Crippen molar-refractivity contribution in [1.29, 1.82) is 0 Å². The van der Waals surface area contributed by atoms with Crippen LogP contribution < -0.4 is 19.1 Å². The maximum Gasteiger partial charge on any atom is 0.410 e. The molecule has 5 aliphatic rings. The lowest BCUT2D eigenvalue weighted by molar-refractivity contribution is 0.000932. The summed E-state index contributed by atoms with van der Waals surface area (Å²) in [6.45, 7) is 9.19. The molecule has 294 valence electrons. The van der Waals surface area contributed by atoms with Crippen molar-refractivity contribution in [3.8, 4) is 41.2 Å². The van der Waals surface area contributed by atoms with Gasteiger partial charge < -0.3 is 28.6 Å². The number of nitrogens with zero attached hydrogens (tertiary/aromatic N) is 6. The Hall–Kier alpha value is -5.00. The second-order valence-electron chi connectivity index (χ2n) is 16.7. The number of anilines is 1. The van der Waals surface area contributed by atoms with Crippen molar-refractivity contribution in [3.63, 3.8) is 0 Å². The molecular formula is C42H46F2N6O6. The topological polar surface area (TPSA) is 112 Å². The first kappa shape index (κ1) is 36.6. The number of aromatic nitrogens is 3. The summed E-state index contributed by atoms with van der Waals surface area (Å²) >= 11 is 0. The summed E-state index contributed by atoms with van der Waals surface area (Å²) in [6, 6.07) is 8.12.